The summed E-state index contributed by atoms with van der Waals surface area (Å²) in [6, 6.07) is 0. The lowest BCUT2D eigenvalue weighted by Crippen LogP contribution is -1.81. The largest absolute Gasteiger partial charge is 0.291 e. The predicted molar refractivity (Wildman–Crippen MR) is 33.5 cm³/mol. The molecule has 0 heterocycles. The quantitative estimate of drug-likeness (QED) is 0.524. The summed E-state index contributed by atoms with van der Waals surface area (Å²) in [6.45, 7) is 4.08. The van der Waals surface area contributed by atoms with E-state index >= 15 is 0 Å². The maximum absolute atomic E-state index is 9.64. The Hall–Kier alpha value is 0.0200. The first-order valence-electron chi connectivity index (χ1n) is 2.20. The Morgan fingerprint density at radius 1 is 1.57 bits per heavy atom. The Labute approximate surface area is 48.5 Å². The van der Waals surface area contributed by atoms with Crippen molar-refractivity contribution in [3.63, 3.8) is 0 Å². The van der Waals surface area contributed by atoms with Gasteiger partial charge in [0.15, 0.2) is 5.62 Å². The van der Waals surface area contributed by atoms with Crippen LogP contribution in [0.25, 0.3) is 0 Å². The van der Waals surface area contributed by atoms with Crippen LogP contribution in [-0.4, -0.2) is 5.62 Å². The van der Waals surface area contributed by atoms with E-state index in [1.54, 1.807) is 0 Å². The van der Waals surface area contributed by atoms with Crippen LogP contribution in [0.15, 0.2) is 0 Å². The summed E-state index contributed by atoms with van der Waals surface area (Å²) >= 11 is 1.21. The minimum Gasteiger partial charge on any atom is -0.291 e. The van der Waals surface area contributed by atoms with Gasteiger partial charge in [0.05, 0.1) is 0 Å². The van der Waals surface area contributed by atoms with Gasteiger partial charge in [-0.1, -0.05) is 25.6 Å². The average Bonchev–Trinajstić information content (AvgIpc) is 1.61. The molecule has 0 aromatic heterocycles. The normalized spacial score (nSPS) is 9.57. The van der Waals surface area contributed by atoms with Crippen LogP contribution in [0.2, 0.25) is 0 Å². The molecule has 0 aromatic carbocycles. The molecule has 0 saturated carbocycles. The van der Waals surface area contributed by atoms with Gasteiger partial charge >= 0.3 is 0 Å². The van der Waals surface area contributed by atoms with Crippen LogP contribution < -0.4 is 0 Å². The molecule has 7 heavy (non-hydrogen) atoms. The van der Waals surface area contributed by atoms with Gasteiger partial charge in [-0.2, -0.15) is 0 Å². The third-order valence-corrected chi connectivity index (χ3v) is 1.22. The van der Waals surface area contributed by atoms with Crippen molar-refractivity contribution in [2.24, 2.45) is 5.92 Å². The molecule has 2 heteroatoms. The van der Waals surface area contributed by atoms with E-state index in [1.807, 2.05) is 19.6 Å². The van der Waals surface area contributed by atoms with E-state index in [-0.39, 0.29) is 0 Å². The minimum atomic E-state index is 0.509. The second-order valence-corrected chi connectivity index (χ2v) is 2.35. The van der Waals surface area contributed by atoms with Crippen molar-refractivity contribution in [1.29, 1.82) is 0 Å². The Bertz CT molecular complexity index is 52.0. The fourth-order valence-electron chi connectivity index (χ4n) is 0.189. The van der Waals surface area contributed by atoms with Gasteiger partial charge < -0.3 is 0 Å². The van der Waals surface area contributed by atoms with Crippen LogP contribution in [0, 0.1) is 11.7 Å². The van der Waals surface area contributed by atoms with Crippen molar-refractivity contribution in [2.45, 2.75) is 13.8 Å². The Morgan fingerprint density at radius 2 is 2.14 bits per heavy atom. The monoisotopic (exact) mass is 117 g/mol. The summed E-state index contributed by atoms with van der Waals surface area (Å²) in [5.41, 5.74) is 0.833. The van der Waals surface area contributed by atoms with E-state index in [0.29, 0.717) is 5.92 Å². The molecule has 0 spiro atoms. The van der Waals surface area contributed by atoms with Gasteiger partial charge in [-0.25, -0.2) is 0 Å². The van der Waals surface area contributed by atoms with E-state index in [0.717, 1.165) is 5.62 Å². The number of carbonyl (C=O) groups is 1. The van der Waals surface area contributed by atoms with E-state index in [1.165, 1.54) is 11.8 Å². The van der Waals surface area contributed by atoms with E-state index < -0.39 is 0 Å². The Kier molecular flexibility index (Phi) is 4.20. The lowest BCUT2D eigenvalue weighted by molar-refractivity contribution is 0.570. The number of rotatable bonds is 3. The minimum absolute atomic E-state index is 0.509. The second-order valence-electron chi connectivity index (χ2n) is 1.61. The molecular formula is C5H9OS. The Morgan fingerprint density at radius 3 is 2.29 bits per heavy atom. The lowest BCUT2D eigenvalue weighted by Gasteiger charge is -1.94. The van der Waals surface area contributed by atoms with Crippen LogP contribution in [0.5, 0.6) is 0 Å². The Balaban J connectivity index is 2.81. The molecule has 0 saturated heterocycles. The molecule has 0 fully saturated rings. The molecule has 0 aliphatic heterocycles. The number of thioether (sulfide) groups is 1. The van der Waals surface area contributed by atoms with Crippen LogP contribution in [-0.2, 0) is 4.79 Å². The van der Waals surface area contributed by atoms with Crippen LogP contribution >= 0.6 is 11.8 Å². The summed E-state index contributed by atoms with van der Waals surface area (Å²) in [4.78, 5) is 9.64. The van der Waals surface area contributed by atoms with Crippen molar-refractivity contribution in [3.05, 3.63) is 5.75 Å². The first-order valence-corrected chi connectivity index (χ1v) is 3.14. The molecule has 41 valence electrons. The summed E-state index contributed by atoms with van der Waals surface area (Å²) in [5, 5.41) is 0. The van der Waals surface area contributed by atoms with Gasteiger partial charge in [0, 0.05) is 5.75 Å². The zero-order valence-electron chi connectivity index (χ0n) is 4.55. The molecule has 1 nitrogen and oxygen atoms in total. The molecule has 0 aromatic rings. The van der Waals surface area contributed by atoms with Crippen LogP contribution in [0.1, 0.15) is 13.8 Å². The first-order chi connectivity index (χ1) is 3.27. The fourth-order valence-corrected chi connectivity index (χ4v) is 0.568. The van der Waals surface area contributed by atoms with Crippen molar-refractivity contribution in [3.8, 4) is 0 Å². The second kappa shape index (κ2) is 4.19. The van der Waals surface area contributed by atoms with Gasteiger partial charge in [-0.15, -0.1) is 0 Å². The van der Waals surface area contributed by atoms with Crippen LogP contribution in [0.4, 0.5) is 0 Å². The van der Waals surface area contributed by atoms with Crippen molar-refractivity contribution in [2.75, 3.05) is 0 Å². The third-order valence-electron chi connectivity index (χ3n) is 0.406. The summed E-state index contributed by atoms with van der Waals surface area (Å²) in [7, 11) is 0. The summed E-state index contributed by atoms with van der Waals surface area (Å²) in [6.07, 6.45) is 0. The van der Waals surface area contributed by atoms with Gasteiger partial charge in [-0.05, 0) is 5.92 Å². The number of hydrogen-bond acceptors (Lipinski definition) is 2. The molecular weight excluding hydrogens is 108 g/mol. The maximum Gasteiger partial charge on any atom is 0.176 e. The highest BCUT2D eigenvalue weighted by Crippen LogP contribution is 2.08. The molecule has 0 atom stereocenters. The van der Waals surface area contributed by atoms with Gasteiger partial charge in [0.25, 0.3) is 0 Å². The molecule has 0 aliphatic carbocycles. The number of hydrogen-bond donors (Lipinski definition) is 0. The topological polar surface area (TPSA) is 17.1 Å². The predicted octanol–water partition coefficient (Wildman–Crippen LogP) is 1.73. The smallest absolute Gasteiger partial charge is 0.176 e. The molecule has 1 radical (unpaired) electrons. The van der Waals surface area contributed by atoms with E-state index in [2.05, 4.69) is 0 Å². The SMILES string of the molecule is CC(C)[CH]SC=O. The molecule has 0 bridgehead atoms. The number of carbonyl (C=O) groups excluding carboxylic acids is 1. The standard InChI is InChI=1S/C5H9OS/c1-5(2)3-7-4-6/h3-5H,1-2H3. The molecule has 0 amide bonds. The van der Waals surface area contributed by atoms with Crippen molar-refractivity contribution < 1.29 is 4.79 Å². The lowest BCUT2D eigenvalue weighted by atomic mass is 10.3. The summed E-state index contributed by atoms with van der Waals surface area (Å²) in [5.74, 6) is 2.41. The zero-order valence-corrected chi connectivity index (χ0v) is 5.37. The highest BCUT2D eigenvalue weighted by molar-refractivity contribution is 8.13. The fraction of sp³-hybridized carbons (Fsp3) is 0.600. The highest BCUT2D eigenvalue weighted by atomic mass is 32.2. The van der Waals surface area contributed by atoms with E-state index in [4.69, 9.17) is 0 Å². The van der Waals surface area contributed by atoms with Crippen LogP contribution in [0.3, 0.4) is 0 Å². The summed E-state index contributed by atoms with van der Waals surface area (Å²) < 4.78 is 0. The van der Waals surface area contributed by atoms with Gasteiger partial charge in [-0.3, -0.25) is 4.79 Å². The van der Waals surface area contributed by atoms with E-state index in [9.17, 15) is 4.79 Å². The molecule has 0 unspecified atom stereocenters. The molecule has 0 rings (SSSR count). The van der Waals surface area contributed by atoms with Gasteiger partial charge in [0.1, 0.15) is 0 Å². The highest BCUT2D eigenvalue weighted by Gasteiger charge is 1.90. The zero-order chi connectivity index (χ0) is 5.70. The molecule has 0 N–H and O–H groups in total. The van der Waals surface area contributed by atoms with Crippen molar-refractivity contribution >= 4 is 17.4 Å². The molecule has 0 aliphatic rings. The van der Waals surface area contributed by atoms with Crippen molar-refractivity contribution in [1.82, 2.24) is 0 Å². The first kappa shape index (κ1) is 7.02. The van der Waals surface area contributed by atoms with Gasteiger partial charge in [0.2, 0.25) is 0 Å². The average molecular weight is 117 g/mol. The third kappa shape index (κ3) is 6.02. The maximum atomic E-state index is 9.64.